The van der Waals surface area contributed by atoms with Crippen molar-refractivity contribution in [3.8, 4) is 0 Å². The molecule has 0 aliphatic heterocycles. The van der Waals surface area contributed by atoms with Crippen LogP contribution in [0.25, 0.3) is 0 Å². The first-order chi connectivity index (χ1) is 13.5. The van der Waals surface area contributed by atoms with E-state index in [0.717, 1.165) is 43.3 Å². The highest BCUT2D eigenvalue weighted by Crippen LogP contribution is 2.48. The molecule has 0 unspecified atom stereocenters. The van der Waals surface area contributed by atoms with Gasteiger partial charge >= 0.3 is 7.60 Å². The van der Waals surface area contributed by atoms with E-state index in [2.05, 4.69) is 14.1 Å². The monoisotopic (exact) mass is 458 g/mol. The lowest BCUT2D eigenvalue weighted by atomic mass is 10.1. The van der Waals surface area contributed by atoms with Gasteiger partial charge in [-0.05, 0) is 33.1 Å². The van der Waals surface area contributed by atoms with Gasteiger partial charge in [-0.2, -0.15) is 8.42 Å². The summed E-state index contributed by atoms with van der Waals surface area (Å²) in [6.07, 6.45) is 11.4. The molecule has 0 aliphatic rings. The molecule has 0 heterocycles. The highest BCUT2D eigenvalue weighted by molar-refractivity contribution is 7.85. The van der Waals surface area contributed by atoms with E-state index in [1.165, 1.54) is 32.1 Å². The third kappa shape index (κ3) is 18.5. The van der Waals surface area contributed by atoms with Crippen LogP contribution in [0.5, 0.6) is 0 Å². The molecule has 0 radical (unpaired) electrons. The van der Waals surface area contributed by atoms with Gasteiger partial charge in [-0.25, -0.2) is 0 Å². The van der Waals surface area contributed by atoms with Crippen LogP contribution in [-0.4, -0.2) is 69.8 Å². The maximum atomic E-state index is 12.3. The van der Waals surface area contributed by atoms with E-state index >= 15 is 0 Å². The Kier molecular flexibility index (Phi) is 15.8. The van der Waals surface area contributed by atoms with Crippen molar-refractivity contribution in [3.63, 3.8) is 0 Å². The zero-order chi connectivity index (χ0) is 22.2. The first kappa shape index (κ1) is 29.0. The van der Waals surface area contributed by atoms with E-state index in [0.29, 0.717) is 25.8 Å². The fourth-order valence-electron chi connectivity index (χ4n) is 3.43. The molecule has 0 bridgehead atoms. The van der Waals surface area contributed by atoms with Gasteiger partial charge in [-0.1, -0.05) is 38.5 Å². The highest BCUT2D eigenvalue weighted by Gasteiger charge is 2.22. The smallest absolute Gasteiger partial charge is 0.328 e. The summed E-state index contributed by atoms with van der Waals surface area (Å²) in [5, 5.41) is 0. The molecule has 0 spiro atoms. The third-order valence-electron chi connectivity index (χ3n) is 5.01. The summed E-state index contributed by atoms with van der Waals surface area (Å²) in [5.74, 6) is -0.149. The summed E-state index contributed by atoms with van der Waals surface area (Å²) in [6, 6.07) is 0. The van der Waals surface area contributed by atoms with Gasteiger partial charge in [0, 0.05) is 6.42 Å². The predicted octanol–water partition coefficient (Wildman–Crippen LogP) is 5.12. The van der Waals surface area contributed by atoms with Gasteiger partial charge in [-0.15, -0.1) is 0 Å². The van der Waals surface area contributed by atoms with Gasteiger partial charge in [0.2, 0.25) is 0 Å². The van der Waals surface area contributed by atoms with Crippen molar-refractivity contribution in [2.75, 3.05) is 52.3 Å². The number of unbranched alkanes of at least 4 members (excludes halogenated alkanes) is 8. The van der Waals surface area contributed by atoms with E-state index in [9.17, 15) is 13.0 Å². The lowest BCUT2D eigenvalue weighted by molar-refractivity contribution is -0.890. The van der Waals surface area contributed by atoms with Crippen molar-refractivity contribution in [2.24, 2.45) is 0 Å². The normalized spacial score (nSPS) is 13.1. The topological polar surface area (TPSA) is 89.9 Å². The Morgan fingerprint density at radius 3 is 1.62 bits per heavy atom. The molecule has 176 valence electrons. The maximum absolute atomic E-state index is 12.3. The fourth-order valence-corrected chi connectivity index (χ4v) is 5.65. The van der Waals surface area contributed by atoms with E-state index in [1.807, 2.05) is 13.8 Å². The van der Waals surface area contributed by atoms with Crippen molar-refractivity contribution in [3.05, 3.63) is 0 Å². The van der Waals surface area contributed by atoms with Crippen molar-refractivity contribution in [1.82, 2.24) is 0 Å². The zero-order valence-electron chi connectivity index (χ0n) is 19.1. The molecule has 0 fully saturated rings. The summed E-state index contributed by atoms with van der Waals surface area (Å²) >= 11 is 0. The van der Waals surface area contributed by atoms with Crippen LogP contribution in [-0.2, 0) is 23.7 Å². The molecular formula is C20H45NO6PS+. The van der Waals surface area contributed by atoms with Crippen molar-refractivity contribution < 1.29 is 31.1 Å². The summed E-state index contributed by atoms with van der Waals surface area (Å²) < 4.78 is 54.1. The average molecular weight is 459 g/mol. The van der Waals surface area contributed by atoms with Gasteiger partial charge in [0.1, 0.15) is 0 Å². The molecule has 29 heavy (non-hydrogen) atoms. The molecule has 7 nitrogen and oxygen atoms in total. The Morgan fingerprint density at radius 1 is 0.759 bits per heavy atom. The summed E-state index contributed by atoms with van der Waals surface area (Å²) in [6.45, 7) is 6.34. The van der Waals surface area contributed by atoms with Crippen LogP contribution >= 0.6 is 7.60 Å². The van der Waals surface area contributed by atoms with Crippen LogP contribution in [0.3, 0.4) is 0 Å². The molecule has 1 N–H and O–H groups in total. The Hall–Kier alpha value is 0.0200. The number of rotatable bonds is 20. The minimum absolute atomic E-state index is 0.149. The Morgan fingerprint density at radius 2 is 1.17 bits per heavy atom. The molecule has 9 heteroatoms. The van der Waals surface area contributed by atoms with Crippen molar-refractivity contribution in [2.45, 2.75) is 78.1 Å². The van der Waals surface area contributed by atoms with Gasteiger partial charge in [0.05, 0.1) is 52.3 Å². The van der Waals surface area contributed by atoms with Crippen molar-refractivity contribution >= 4 is 17.7 Å². The van der Waals surface area contributed by atoms with Crippen molar-refractivity contribution in [1.29, 1.82) is 0 Å². The van der Waals surface area contributed by atoms with Crippen LogP contribution in [0.1, 0.15) is 78.1 Å². The van der Waals surface area contributed by atoms with Crippen LogP contribution in [0.4, 0.5) is 0 Å². The van der Waals surface area contributed by atoms with Gasteiger partial charge in [0.15, 0.2) is 0 Å². The fraction of sp³-hybridized carbons (Fsp3) is 1.00. The minimum atomic E-state index is -3.84. The standard InChI is InChI=1S/C20H44NO6PS/c1-5-26-28(22,27-6-2)19-15-13-11-9-7-8-10-12-14-17-21(3,4)18-16-20-29(23,24)25/h5-20H2,1-4H3/p+1. The van der Waals surface area contributed by atoms with Gasteiger partial charge < -0.3 is 13.5 Å². The molecular weight excluding hydrogens is 413 g/mol. The second-order valence-corrected chi connectivity index (χ2v) is 12.1. The number of quaternary nitrogens is 1. The van der Waals surface area contributed by atoms with Crippen LogP contribution in [0.2, 0.25) is 0 Å². The van der Waals surface area contributed by atoms with Gasteiger partial charge in [-0.3, -0.25) is 9.12 Å². The summed E-state index contributed by atoms with van der Waals surface area (Å²) in [5.41, 5.74) is 0. The van der Waals surface area contributed by atoms with Crippen LogP contribution in [0, 0.1) is 0 Å². The second kappa shape index (κ2) is 15.8. The lowest BCUT2D eigenvalue weighted by Gasteiger charge is -2.29. The predicted molar refractivity (Wildman–Crippen MR) is 120 cm³/mol. The molecule has 0 aliphatic carbocycles. The summed E-state index contributed by atoms with van der Waals surface area (Å²) in [7, 11) is -2.48. The third-order valence-corrected chi connectivity index (χ3v) is 7.98. The average Bonchev–Trinajstić information content (AvgIpc) is 2.58. The molecule has 0 atom stereocenters. The highest BCUT2D eigenvalue weighted by atomic mass is 32.2. The SMILES string of the molecule is CCOP(=O)(CCCCCCCCCCC[N+](C)(C)CCCS(=O)(=O)O)OCC. The molecule has 0 saturated heterocycles. The quantitative estimate of drug-likeness (QED) is 0.118. The zero-order valence-corrected chi connectivity index (χ0v) is 20.8. The van der Waals surface area contributed by atoms with Gasteiger partial charge in [0.25, 0.3) is 10.1 Å². The largest absolute Gasteiger partial charge is 0.330 e. The number of hydrogen-bond donors (Lipinski definition) is 1. The number of hydrogen-bond acceptors (Lipinski definition) is 5. The molecule has 0 aromatic carbocycles. The van der Waals surface area contributed by atoms with Crippen LogP contribution in [0.15, 0.2) is 0 Å². The number of nitrogens with zero attached hydrogens (tertiary/aromatic N) is 1. The second-order valence-electron chi connectivity index (χ2n) is 8.37. The first-order valence-corrected chi connectivity index (χ1v) is 14.5. The molecule has 0 aromatic heterocycles. The van der Waals surface area contributed by atoms with Crippen LogP contribution < -0.4 is 0 Å². The molecule has 0 saturated carbocycles. The molecule has 0 aromatic rings. The van der Waals surface area contributed by atoms with E-state index in [-0.39, 0.29) is 5.75 Å². The Balaban J connectivity index is 3.60. The van der Waals surface area contributed by atoms with E-state index < -0.39 is 17.7 Å². The Bertz CT molecular complexity index is 543. The van der Waals surface area contributed by atoms with E-state index in [4.69, 9.17) is 13.6 Å². The first-order valence-electron chi connectivity index (χ1n) is 11.2. The molecule has 0 rings (SSSR count). The minimum Gasteiger partial charge on any atom is -0.328 e. The van der Waals surface area contributed by atoms with E-state index in [1.54, 1.807) is 0 Å². The summed E-state index contributed by atoms with van der Waals surface area (Å²) in [4.78, 5) is 0. The lowest BCUT2D eigenvalue weighted by Crippen LogP contribution is -2.41. The Labute approximate surface area is 179 Å². The maximum Gasteiger partial charge on any atom is 0.330 e. The molecule has 0 amide bonds.